The van der Waals surface area contributed by atoms with Gasteiger partial charge in [-0.15, -0.1) is 0 Å². The van der Waals surface area contributed by atoms with Crippen molar-refractivity contribution in [3.63, 3.8) is 0 Å². The minimum atomic E-state index is 0.146. The number of hydrogen-bond donors (Lipinski definition) is 0. The number of fused-ring (bicyclic) bond motifs is 2. The Morgan fingerprint density at radius 1 is 0.500 bits per heavy atom. The topological polar surface area (TPSA) is 17.6 Å². The molecule has 2 heterocycles. The zero-order chi connectivity index (χ0) is 37.5. The predicted molar refractivity (Wildman–Crippen MR) is 226 cm³/mol. The van der Waals surface area contributed by atoms with E-state index in [-0.39, 0.29) is 5.92 Å². The molecule has 1 unspecified atom stereocenters. The Bertz CT molecular complexity index is 2820. The van der Waals surface area contributed by atoms with Crippen LogP contribution in [0.3, 0.4) is 0 Å². The average Bonchev–Trinajstić information content (AvgIpc) is 3.76. The number of benzene rings is 6. The van der Waals surface area contributed by atoms with Crippen LogP contribution in [0, 0.1) is 29.6 Å². The molecule has 0 amide bonds. The van der Waals surface area contributed by atoms with Crippen molar-refractivity contribution in [1.29, 1.82) is 0 Å². The third-order valence-corrected chi connectivity index (χ3v) is 10.4. The number of hydrogen-bond acceptors (Lipinski definition) is 0. The summed E-state index contributed by atoms with van der Waals surface area (Å²) in [6.45, 7) is 3.24. The number of nitrogens with zero attached hydrogens (tertiary/aromatic N) is 4. The molecule has 4 nitrogen and oxygen atoms in total. The third-order valence-electron chi connectivity index (χ3n) is 10.4. The van der Waals surface area contributed by atoms with Gasteiger partial charge in [-0.3, -0.25) is 0 Å². The summed E-state index contributed by atoms with van der Waals surface area (Å²) in [5.41, 5.74) is 12.9. The van der Waals surface area contributed by atoms with Gasteiger partial charge in [0.05, 0.1) is 0 Å². The molecule has 4 heteroatoms. The summed E-state index contributed by atoms with van der Waals surface area (Å²) in [6, 6.07) is 55.7. The summed E-state index contributed by atoms with van der Waals surface area (Å²) in [7, 11) is 0. The first-order valence-corrected chi connectivity index (χ1v) is 19.3. The summed E-state index contributed by atoms with van der Waals surface area (Å²) < 4.78 is 9.35. The molecule has 6 aromatic carbocycles. The largest absolute Gasteiger partial charge is 0.245 e. The lowest BCUT2D eigenvalue weighted by atomic mass is 9.97. The van der Waals surface area contributed by atoms with Crippen molar-refractivity contribution in [2.75, 3.05) is 0 Å². The summed E-state index contributed by atoms with van der Waals surface area (Å²) in [5.74, 6) is 14.1. The molecule has 0 radical (unpaired) electrons. The van der Waals surface area contributed by atoms with Crippen molar-refractivity contribution in [2.45, 2.75) is 32.6 Å². The van der Waals surface area contributed by atoms with Crippen molar-refractivity contribution in [2.24, 2.45) is 5.92 Å². The van der Waals surface area contributed by atoms with Crippen LogP contribution < -0.4 is 9.13 Å². The van der Waals surface area contributed by atoms with Gasteiger partial charge in [0.2, 0.25) is 12.7 Å². The Morgan fingerprint density at radius 2 is 0.964 bits per heavy atom. The van der Waals surface area contributed by atoms with Gasteiger partial charge in [-0.25, -0.2) is 18.3 Å². The Hall–Kier alpha value is -7.14. The molecule has 0 saturated heterocycles. The summed E-state index contributed by atoms with van der Waals surface area (Å²) in [4.78, 5) is 0. The van der Waals surface area contributed by atoms with E-state index in [2.05, 4.69) is 231 Å². The van der Waals surface area contributed by atoms with Crippen LogP contribution in [0.2, 0.25) is 0 Å². The number of aromatic nitrogens is 4. The van der Waals surface area contributed by atoms with Crippen molar-refractivity contribution in [3.8, 4) is 23.7 Å². The van der Waals surface area contributed by atoms with E-state index in [1.165, 1.54) is 44.3 Å². The Kier molecular flexibility index (Phi) is 9.94. The molecule has 0 spiro atoms. The van der Waals surface area contributed by atoms with E-state index < -0.39 is 0 Å². The first kappa shape index (κ1) is 34.6. The second-order valence-corrected chi connectivity index (χ2v) is 14.5. The summed E-state index contributed by atoms with van der Waals surface area (Å²) in [6.07, 6.45) is 11.9. The van der Waals surface area contributed by atoms with Gasteiger partial charge in [-0.2, -0.15) is 0 Å². The predicted octanol–water partition coefficient (Wildman–Crippen LogP) is 9.27. The van der Waals surface area contributed by atoms with Crippen molar-refractivity contribution < 1.29 is 9.13 Å². The second kappa shape index (κ2) is 16.1. The fourth-order valence-corrected chi connectivity index (χ4v) is 7.50. The van der Waals surface area contributed by atoms with E-state index in [4.69, 9.17) is 0 Å². The number of imidazole rings is 2. The van der Waals surface area contributed by atoms with Crippen molar-refractivity contribution >= 4 is 22.1 Å². The lowest BCUT2D eigenvalue weighted by Crippen LogP contribution is -2.32. The highest BCUT2D eigenvalue weighted by molar-refractivity contribution is 5.75. The molecule has 1 aliphatic rings. The van der Waals surface area contributed by atoms with Crippen molar-refractivity contribution in [1.82, 2.24) is 9.13 Å². The molecule has 1 atom stereocenters. The summed E-state index contributed by atoms with van der Waals surface area (Å²) in [5, 5.41) is 0. The molecule has 0 fully saturated rings. The fraction of sp³-hybridized carbons (Fsp3) is 0.115. The molecule has 2 aromatic heterocycles. The van der Waals surface area contributed by atoms with Crippen LogP contribution in [0.25, 0.3) is 22.1 Å². The third kappa shape index (κ3) is 8.02. The first-order chi connectivity index (χ1) is 27.7. The molecule has 9 rings (SSSR count). The molecule has 0 saturated carbocycles. The quantitative estimate of drug-likeness (QED) is 0.110. The zero-order valence-electron chi connectivity index (χ0n) is 31.3. The van der Waals surface area contributed by atoms with Crippen LogP contribution in [-0.2, 0) is 26.2 Å². The maximum Gasteiger partial charge on any atom is 0.245 e. The molecule has 1 aliphatic carbocycles. The van der Waals surface area contributed by atoms with E-state index in [0.717, 1.165) is 49.3 Å². The Balaban J connectivity index is 0.924. The van der Waals surface area contributed by atoms with Gasteiger partial charge < -0.3 is 0 Å². The highest BCUT2D eigenvalue weighted by Crippen LogP contribution is 2.20. The lowest BCUT2D eigenvalue weighted by molar-refractivity contribution is -0.663. The zero-order valence-corrected chi connectivity index (χ0v) is 31.3. The Labute approximate surface area is 329 Å². The monoisotopic (exact) mass is 722 g/mol. The van der Waals surface area contributed by atoms with Gasteiger partial charge in [0.15, 0.2) is 22.1 Å². The van der Waals surface area contributed by atoms with E-state index in [9.17, 15) is 0 Å². The van der Waals surface area contributed by atoms with Gasteiger partial charge in [0.1, 0.15) is 26.2 Å². The maximum atomic E-state index is 3.53. The van der Waals surface area contributed by atoms with Crippen LogP contribution >= 0.6 is 0 Å². The highest BCUT2D eigenvalue weighted by atomic mass is 15.1. The van der Waals surface area contributed by atoms with Gasteiger partial charge in [0, 0.05) is 34.8 Å². The molecule has 0 bridgehead atoms. The highest BCUT2D eigenvalue weighted by Gasteiger charge is 2.19. The van der Waals surface area contributed by atoms with Gasteiger partial charge in [-0.05, 0) is 59.0 Å². The van der Waals surface area contributed by atoms with E-state index >= 15 is 0 Å². The standard InChI is InChI=1S/C52H42N4/c1-5-13-45(14-6-1)35-53-39-55(37-47-17-9-3-10-18-47)51-33-43(29-31-49(51)53)27-25-41-21-23-42(24-22-41)26-28-44-30-32-50-52(34-44)56(38-48-19-11-4-12-20-48)40-54(50)36-46-15-7-2-8-16-46/h1-23,29-34,39-40,42H,24,35-38H2/q+2. The molecular weight excluding hydrogens is 681 g/mol. The smallest absolute Gasteiger partial charge is 0.226 e. The number of rotatable bonds is 8. The molecular formula is C52H42N4+2. The molecule has 56 heavy (non-hydrogen) atoms. The molecule has 268 valence electrons. The van der Waals surface area contributed by atoms with Crippen LogP contribution in [0.4, 0.5) is 0 Å². The lowest BCUT2D eigenvalue weighted by Gasteiger charge is -2.07. The summed E-state index contributed by atoms with van der Waals surface area (Å²) >= 11 is 0. The van der Waals surface area contributed by atoms with Crippen LogP contribution in [0.15, 0.2) is 194 Å². The second-order valence-electron chi connectivity index (χ2n) is 14.5. The molecule has 8 aromatic rings. The SMILES string of the molecule is C(#Cc1ccc2c(c1)n(Cc1ccccc1)c[n+]2Cc1ccccc1)C1=CCC(C#Cc2ccc3c(c2)n(Cc2ccccc2)c[n+]3Cc2ccccc2)C=C1. The van der Waals surface area contributed by atoms with E-state index in [1.54, 1.807) is 0 Å². The van der Waals surface area contributed by atoms with Gasteiger partial charge in [0.25, 0.3) is 0 Å². The normalized spacial score (nSPS) is 13.5. The average molecular weight is 723 g/mol. The van der Waals surface area contributed by atoms with Crippen LogP contribution in [0.5, 0.6) is 0 Å². The van der Waals surface area contributed by atoms with Gasteiger partial charge >= 0.3 is 0 Å². The fourth-order valence-electron chi connectivity index (χ4n) is 7.50. The van der Waals surface area contributed by atoms with Crippen LogP contribution in [-0.4, -0.2) is 9.13 Å². The number of allylic oxidation sites excluding steroid dienone is 4. The van der Waals surface area contributed by atoms with Gasteiger partial charge in [-0.1, -0.05) is 157 Å². The first-order valence-electron chi connectivity index (χ1n) is 19.3. The molecule has 0 aliphatic heterocycles. The maximum absolute atomic E-state index is 3.53. The minimum Gasteiger partial charge on any atom is -0.226 e. The van der Waals surface area contributed by atoms with Crippen LogP contribution in [0.1, 0.15) is 39.8 Å². The minimum absolute atomic E-state index is 0.146. The Morgan fingerprint density at radius 3 is 1.43 bits per heavy atom. The van der Waals surface area contributed by atoms with Crippen molar-refractivity contribution in [3.05, 3.63) is 228 Å². The van der Waals surface area contributed by atoms with E-state index in [1.807, 2.05) is 0 Å². The molecule has 0 N–H and O–H groups in total. The van der Waals surface area contributed by atoms with E-state index in [0.29, 0.717) is 0 Å².